The quantitative estimate of drug-likeness (QED) is 0.910. The zero-order chi connectivity index (χ0) is 13.4. The molecule has 18 heavy (non-hydrogen) atoms. The zero-order valence-corrected chi connectivity index (χ0v) is 10.4. The summed E-state index contributed by atoms with van der Waals surface area (Å²) in [5, 5.41) is 9.41. The van der Waals surface area contributed by atoms with Crippen molar-refractivity contribution in [2.45, 2.75) is 6.92 Å². The van der Waals surface area contributed by atoms with Crippen LogP contribution in [-0.4, -0.2) is 23.2 Å². The SMILES string of the molecule is COc1nc2c(C)c(F)c(Cl)cc2cc1C(=O)O. The van der Waals surface area contributed by atoms with Crippen molar-refractivity contribution < 1.29 is 19.0 Å². The van der Waals surface area contributed by atoms with Crippen LogP contribution in [0.5, 0.6) is 5.88 Å². The summed E-state index contributed by atoms with van der Waals surface area (Å²) in [5.74, 6) is -1.79. The Morgan fingerprint density at radius 1 is 1.50 bits per heavy atom. The standard InChI is InChI=1S/C12H9ClFNO3/c1-5-9(14)8(13)4-6-3-7(12(16)17)11(18-2)15-10(5)6/h3-4H,1-2H3,(H,16,17). The van der Waals surface area contributed by atoms with E-state index >= 15 is 0 Å². The summed E-state index contributed by atoms with van der Waals surface area (Å²) in [6.45, 7) is 1.52. The minimum Gasteiger partial charge on any atom is -0.480 e. The number of aryl methyl sites for hydroxylation is 1. The highest BCUT2D eigenvalue weighted by Gasteiger charge is 2.17. The van der Waals surface area contributed by atoms with Gasteiger partial charge in [-0.1, -0.05) is 11.6 Å². The fraction of sp³-hybridized carbons (Fsp3) is 0.167. The minimum absolute atomic E-state index is 0.0557. The van der Waals surface area contributed by atoms with Crippen molar-refractivity contribution in [2.24, 2.45) is 0 Å². The Hall–Kier alpha value is -1.88. The van der Waals surface area contributed by atoms with Crippen LogP contribution in [0.1, 0.15) is 15.9 Å². The van der Waals surface area contributed by atoms with Gasteiger partial charge in [-0.25, -0.2) is 14.2 Å². The molecule has 0 aliphatic carbocycles. The van der Waals surface area contributed by atoms with Gasteiger partial charge in [-0.05, 0) is 19.1 Å². The molecule has 0 fully saturated rings. The summed E-state index contributed by atoms with van der Waals surface area (Å²) >= 11 is 5.72. The molecule has 0 saturated heterocycles. The maximum atomic E-state index is 13.6. The topological polar surface area (TPSA) is 59.4 Å². The summed E-state index contributed by atoms with van der Waals surface area (Å²) < 4.78 is 18.5. The average Bonchev–Trinajstić information content (AvgIpc) is 2.34. The van der Waals surface area contributed by atoms with Gasteiger partial charge in [0, 0.05) is 10.9 Å². The van der Waals surface area contributed by atoms with Crippen molar-refractivity contribution in [1.29, 1.82) is 0 Å². The van der Waals surface area contributed by atoms with Crippen LogP contribution in [0.25, 0.3) is 10.9 Å². The first-order chi connectivity index (χ1) is 8.45. The maximum Gasteiger partial charge on any atom is 0.341 e. The van der Waals surface area contributed by atoms with Crippen LogP contribution in [0.2, 0.25) is 5.02 Å². The number of benzene rings is 1. The van der Waals surface area contributed by atoms with Gasteiger partial charge in [0.1, 0.15) is 11.4 Å². The Labute approximate surface area is 107 Å². The Balaban J connectivity index is 2.87. The van der Waals surface area contributed by atoms with Gasteiger partial charge in [0.2, 0.25) is 5.88 Å². The molecule has 0 unspecified atom stereocenters. The zero-order valence-electron chi connectivity index (χ0n) is 9.62. The molecule has 0 spiro atoms. The number of aromatic carboxylic acids is 1. The van der Waals surface area contributed by atoms with E-state index in [4.69, 9.17) is 21.4 Å². The molecule has 2 rings (SSSR count). The number of hydrogen-bond donors (Lipinski definition) is 1. The molecular formula is C12H9ClFNO3. The van der Waals surface area contributed by atoms with Gasteiger partial charge in [0.25, 0.3) is 0 Å². The number of methoxy groups -OCH3 is 1. The van der Waals surface area contributed by atoms with Gasteiger partial charge in [-0.3, -0.25) is 0 Å². The number of pyridine rings is 1. The molecule has 0 aliphatic heterocycles. The summed E-state index contributed by atoms with van der Waals surface area (Å²) in [7, 11) is 1.31. The third kappa shape index (κ3) is 1.86. The van der Waals surface area contributed by atoms with E-state index in [1.807, 2.05) is 0 Å². The molecule has 1 N–H and O–H groups in total. The Morgan fingerprint density at radius 3 is 2.72 bits per heavy atom. The van der Waals surface area contributed by atoms with E-state index in [1.54, 1.807) is 0 Å². The lowest BCUT2D eigenvalue weighted by atomic mass is 10.1. The average molecular weight is 270 g/mol. The molecule has 4 nitrogen and oxygen atoms in total. The largest absolute Gasteiger partial charge is 0.480 e. The second-order valence-corrected chi connectivity index (χ2v) is 4.13. The van der Waals surface area contributed by atoms with Crippen LogP contribution >= 0.6 is 11.6 Å². The van der Waals surface area contributed by atoms with Crippen molar-refractivity contribution >= 4 is 28.5 Å². The maximum absolute atomic E-state index is 13.6. The van der Waals surface area contributed by atoms with Crippen molar-refractivity contribution in [3.63, 3.8) is 0 Å². The monoisotopic (exact) mass is 269 g/mol. The number of rotatable bonds is 2. The first kappa shape index (κ1) is 12.6. The van der Waals surface area contributed by atoms with E-state index in [0.29, 0.717) is 10.9 Å². The van der Waals surface area contributed by atoms with Crippen LogP contribution < -0.4 is 4.74 Å². The third-order valence-corrected chi connectivity index (χ3v) is 2.89. The molecule has 0 saturated carbocycles. The number of halogens is 2. The number of carboxylic acid groups (broad SMARTS) is 1. The fourth-order valence-corrected chi connectivity index (χ4v) is 1.97. The first-order valence-electron chi connectivity index (χ1n) is 5.02. The van der Waals surface area contributed by atoms with Crippen molar-refractivity contribution in [2.75, 3.05) is 7.11 Å². The van der Waals surface area contributed by atoms with Gasteiger partial charge >= 0.3 is 5.97 Å². The summed E-state index contributed by atoms with van der Waals surface area (Å²) in [4.78, 5) is 15.0. The van der Waals surface area contributed by atoms with Gasteiger partial charge < -0.3 is 9.84 Å². The summed E-state index contributed by atoms with van der Waals surface area (Å²) in [5.41, 5.74) is 0.499. The lowest BCUT2D eigenvalue weighted by molar-refractivity contribution is 0.0692. The van der Waals surface area contributed by atoms with Crippen molar-refractivity contribution in [3.05, 3.63) is 34.1 Å². The molecule has 0 radical (unpaired) electrons. The van der Waals surface area contributed by atoms with Crippen LogP contribution in [0.3, 0.4) is 0 Å². The van der Waals surface area contributed by atoms with E-state index in [-0.39, 0.29) is 22.0 Å². The van der Waals surface area contributed by atoms with Crippen molar-refractivity contribution in [3.8, 4) is 5.88 Å². The van der Waals surface area contributed by atoms with Gasteiger partial charge in [0.05, 0.1) is 17.6 Å². The fourth-order valence-electron chi connectivity index (χ4n) is 1.71. The predicted molar refractivity (Wildman–Crippen MR) is 65.0 cm³/mol. The Bertz CT molecular complexity index is 658. The predicted octanol–water partition coefficient (Wildman–Crippen LogP) is 3.04. The molecule has 0 atom stereocenters. The molecule has 1 aromatic carbocycles. The van der Waals surface area contributed by atoms with Gasteiger partial charge in [-0.2, -0.15) is 0 Å². The lowest BCUT2D eigenvalue weighted by Crippen LogP contribution is -2.03. The summed E-state index contributed by atoms with van der Waals surface area (Å²) in [6, 6.07) is 2.71. The minimum atomic E-state index is -1.17. The van der Waals surface area contributed by atoms with E-state index in [9.17, 15) is 9.18 Å². The summed E-state index contributed by atoms with van der Waals surface area (Å²) in [6.07, 6.45) is 0. The second-order valence-electron chi connectivity index (χ2n) is 3.72. The number of carboxylic acids is 1. The van der Waals surface area contributed by atoms with E-state index in [0.717, 1.165) is 0 Å². The molecule has 0 amide bonds. The Kier molecular flexibility index (Phi) is 3.09. The van der Waals surface area contributed by atoms with Gasteiger partial charge in [-0.15, -0.1) is 0 Å². The molecule has 0 bridgehead atoms. The number of hydrogen-bond acceptors (Lipinski definition) is 3. The van der Waals surface area contributed by atoms with Crippen LogP contribution in [0.4, 0.5) is 4.39 Å². The Morgan fingerprint density at radius 2 is 2.17 bits per heavy atom. The van der Waals surface area contributed by atoms with E-state index < -0.39 is 11.8 Å². The number of carbonyl (C=O) groups is 1. The highest BCUT2D eigenvalue weighted by molar-refractivity contribution is 6.31. The van der Waals surface area contributed by atoms with Crippen LogP contribution in [0.15, 0.2) is 12.1 Å². The number of ether oxygens (including phenoxy) is 1. The molecule has 94 valence electrons. The molecule has 6 heteroatoms. The molecule has 0 aliphatic rings. The third-order valence-electron chi connectivity index (χ3n) is 2.62. The number of fused-ring (bicyclic) bond motifs is 1. The lowest BCUT2D eigenvalue weighted by Gasteiger charge is -2.09. The van der Waals surface area contributed by atoms with E-state index in [1.165, 1.54) is 26.2 Å². The highest BCUT2D eigenvalue weighted by atomic mass is 35.5. The smallest absolute Gasteiger partial charge is 0.341 e. The molecule has 2 aromatic rings. The molecule has 1 heterocycles. The first-order valence-corrected chi connectivity index (χ1v) is 5.40. The molecule has 1 aromatic heterocycles. The number of aromatic nitrogens is 1. The number of nitrogens with zero attached hydrogens (tertiary/aromatic N) is 1. The van der Waals surface area contributed by atoms with Gasteiger partial charge in [0.15, 0.2) is 0 Å². The second kappa shape index (κ2) is 4.42. The normalized spacial score (nSPS) is 10.7. The van der Waals surface area contributed by atoms with Crippen LogP contribution in [0, 0.1) is 12.7 Å². The highest BCUT2D eigenvalue weighted by Crippen LogP contribution is 2.29. The van der Waals surface area contributed by atoms with Crippen LogP contribution in [-0.2, 0) is 0 Å². The van der Waals surface area contributed by atoms with Crippen molar-refractivity contribution in [1.82, 2.24) is 4.98 Å². The van der Waals surface area contributed by atoms with E-state index in [2.05, 4.69) is 4.98 Å². The molecular weight excluding hydrogens is 261 g/mol.